The number of amides is 1. The minimum atomic E-state index is -4.35. The van der Waals surface area contributed by atoms with Gasteiger partial charge in [-0.25, -0.2) is 4.57 Å². The monoisotopic (exact) mass is 1130 g/mol. The Labute approximate surface area is 493 Å². The normalized spacial score (nSPS) is 13.9. The molecular formula is C70H138N2O6P+. The van der Waals surface area contributed by atoms with Crippen LogP contribution in [0.1, 0.15) is 354 Å². The van der Waals surface area contributed by atoms with Crippen molar-refractivity contribution in [2.45, 2.75) is 366 Å². The molecule has 8 nitrogen and oxygen atoms in total. The second-order valence-electron chi connectivity index (χ2n) is 25.3. The number of rotatable bonds is 65. The molecule has 0 aromatic heterocycles. The number of nitrogens with zero attached hydrogens (tertiary/aromatic N) is 1. The first kappa shape index (κ1) is 77.7. The smallest absolute Gasteiger partial charge is 0.387 e. The maximum atomic E-state index is 13.0. The highest BCUT2D eigenvalue weighted by Crippen LogP contribution is 2.43. The van der Waals surface area contributed by atoms with Crippen molar-refractivity contribution in [2.75, 3.05) is 40.9 Å². The van der Waals surface area contributed by atoms with Crippen LogP contribution in [0.5, 0.6) is 0 Å². The molecule has 0 saturated heterocycles. The van der Waals surface area contributed by atoms with Gasteiger partial charge in [-0.15, -0.1) is 0 Å². The van der Waals surface area contributed by atoms with Crippen molar-refractivity contribution in [3.8, 4) is 0 Å². The molecule has 0 aliphatic heterocycles. The number of phosphoric ester groups is 1. The van der Waals surface area contributed by atoms with E-state index in [4.69, 9.17) is 9.05 Å². The molecule has 3 atom stereocenters. The molecule has 79 heavy (non-hydrogen) atoms. The number of quaternary nitrogens is 1. The third kappa shape index (κ3) is 64.1. The number of nitrogens with one attached hydrogen (secondary N) is 1. The number of hydrogen-bond donors (Lipinski definition) is 3. The molecule has 0 bridgehead atoms. The Morgan fingerprint density at radius 1 is 0.418 bits per heavy atom. The predicted octanol–water partition coefficient (Wildman–Crippen LogP) is 22.1. The van der Waals surface area contributed by atoms with E-state index >= 15 is 0 Å². The lowest BCUT2D eigenvalue weighted by Crippen LogP contribution is -2.45. The van der Waals surface area contributed by atoms with Crippen LogP contribution in [0.4, 0.5) is 0 Å². The molecule has 0 aliphatic carbocycles. The van der Waals surface area contributed by atoms with Gasteiger partial charge in [0, 0.05) is 6.42 Å². The SMILES string of the molecule is CCCCCCCCCC/C=C\CCCCCCCCCCCCCCCCCCCCCCCCCCCCCCCC(=O)NC(COP(=O)(O)OCC[N+](C)(C)C)C(O)/C=C/CC/C=C/CCCCCCCCCCCC. The van der Waals surface area contributed by atoms with Crippen molar-refractivity contribution in [1.82, 2.24) is 5.32 Å². The molecule has 0 heterocycles. The van der Waals surface area contributed by atoms with Crippen LogP contribution >= 0.6 is 7.82 Å². The Morgan fingerprint density at radius 3 is 1.01 bits per heavy atom. The van der Waals surface area contributed by atoms with Crippen LogP contribution in [0.25, 0.3) is 0 Å². The summed E-state index contributed by atoms with van der Waals surface area (Å²) < 4.78 is 23.7. The van der Waals surface area contributed by atoms with Crippen molar-refractivity contribution in [3.05, 3.63) is 36.5 Å². The Bertz CT molecular complexity index is 1380. The van der Waals surface area contributed by atoms with Gasteiger partial charge in [-0.3, -0.25) is 13.8 Å². The summed E-state index contributed by atoms with van der Waals surface area (Å²) in [6.07, 6.45) is 81.8. The maximum Gasteiger partial charge on any atom is 0.472 e. The predicted molar refractivity (Wildman–Crippen MR) is 346 cm³/mol. The van der Waals surface area contributed by atoms with Crippen molar-refractivity contribution >= 4 is 13.7 Å². The molecule has 0 saturated carbocycles. The molecule has 0 aromatic carbocycles. The van der Waals surface area contributed by atoms with Gasteiger partial charge in [0.2, 0.25) is 5.91 Å². The molecule has 0 radical (unpaired) electrons. The van der Waals surface area contributed by atoms with Crippen molar-refractivity contribution < 1.29 is 32.9 Å². The first-order chi connectivity index (χ1) is 38.5. The fraction of sp³-hybridized carbons (Fsp3) is 0.900. The van der Waals surface area contributed by atoms with E-state index in [-0.39, 0.29) is 19.1 Å². The summed E-state index contributed by atoms with van der Waals surface area (Å²) in [5.41, 5.74) is 0. The number of hydrogen-bond acceptors (Lipinski definition) is 5. The van der Waals surface area contributed by atoms with Gasteiger partial charge in [0.05, 0.1) is 39.9 Å². The van der Waals surface area contributed by atoms with Crippen LogP contribution in [0.2, 0.25) is 0 Å². The second-order valence-corrected chi connectivity index (χ2v) is 26.7. The van der Waals surface area contributed by atoms with Crippen LogP contribution in [-0.4, -0.2) is 73.4 Å². The summed E-state index contributed by atoms with van der Waals surface area (Å²) in [6.45, 7) is 4.83. The molecule has 0 rings (SSSR count). The molecular weight excluding hydrogens is 996 g/mol. The van der Waals surface area contributed by atoms with Gasteiger partial charge in [0.15, 0.2) is 0 Å². The molecule has 1 amide bonds. The topological polar surface area (TPSA) is 105 Å². The molecule has 3 unspecified atom stereocenters. The molecule has 0 aromatic rings. The first-order valence-corrected chi connectivity index (χ1v) is 36.4. The number of unbranched alkanes of at least 4 members (excludes halogenated alkanes) is 48. The number of aliphatic hydroxyl groups is 1. The summed E-state index contributed by atoms with van der Waals surface area (Å²) in [7, 11) is 1.57. The van der Waals surface area contributed by atoms with E-state index in [9.17, 15) is 19.4 Å². The molecule has 0 aliphatic rings. The lowest BCUT2D eigenvalue weighted by molar-refractivity contribution is -0.870. The van der Waals surface area contributed by atoms with E-state index in [1.54, 1.807) is 6.08 Å². The van der Waals surface area contributed by atoms with Crippen LogP contribution in [0.3, 0.4) is 0 Å². The van der Waals surface area contributed by atoms with Crippen LogP contribution in [0, 0.1) is 0 Å². The minimum absolute atomic E-state index is 0.0582. The van der Waals surface area contributed by atoms with E-state index in [2.05, 4.69) is 43.5 Å². The van der Waals surface area contributed by atoms with Crippen molar-refractivity contribution in [2.24, 2.45) is 0 Å². The highest BCUT2D eigenvalue weighted by molar-refractivity contribution is 7.47. The van der Waals surface area contributed by atoms with Crippen molar-refractivity contribution in [1.29, 1.82) is 0 Å². The van der Waals surface area contributed by atoms with E-state index in [1.807, 2.05) is 27.2 Å². The highest BCUT2D eigenvalue weighted by atomic mass is 31.2. The standard InChI is InChI=1S/C70H137N2O6P/c1-6-8-10-12-14-16-18-20-22-24-25-26-27-28-29-30-31-32-33-34-35-36-37-38-39-40-41-42-43-44-45-46-47-48-50-52-54-56-58-60-62-64-70(74)71-68(67-78-79(75,76)77-66-65-72(3,4)5)69(73)63-61-59-57-55-53-51-49-23-21-19-17-15-13-11-9-7-2/h24-25,53,55,61,63,68-69,73H,6-23,26-52,54,56-60,62,64-67H2,1-5H3,(H-,71,74,75,76)/p+1/b25-24-,55-53+,63-61+. The second kappa shape index (κ2) is 61.3. The zero-order chi connectivity index (χ0) is 57.7. The maximum absolute atomic E-state index is 13.0. The number of allylic oxidation sites excluding steroid dienone is 5. The summed E-state index contributed by atoms with van der Waals surface area (Å²) in [5, 5.41) is 13.9. The minimum Gasteiger partial charge on any atom is -0.387 e. The highest BCUT2D eigenvalue weighted by Gasteiger charge is 2.28. The Balaban J connectivity index is 3.86. The zero-order valence-corrected chi connectivity index (χ0v) is 54.5. The summed E-state index contributed by atoms with van der Waals surface area (Å²) in [4.78, 5) is 23.3. The number of likely N-dealkylation sites (N-methyl/N-ethyl adjacent to an activating group) is 1. The molecule has 0 fully saturated rings. The third-order valence-corrected chi connectivity index (χ3v) is 17.1. The first-order valence-electron chi connectivity index (χ1n) is 34.9. The van der Waals surface area contributed by atoms with Crippen LogP contribution in [-0.2, 0) is 18.4 Å². The number of phosphoric acid groups is 1. The average Bonchev–Trinajstić information content (AvgIpc) is 3.42. The number of carbonyl (C=O) groups is 1. The quantitative estimate of drug-likeness (QED) is 0.0243. The Kier molecular flexibility index (Phi) is 60.3. The van der Waals surface area contributed by atoms with Gasteiger partial charge < -0.3 is 19.8 Å². The van der Waals surface area contributed by atoms with E-state index in [0.29, 0.717) is 17.4 Å². The van der Waals surface area contributed by atoms with E-state index in [1.165, 1.54) is 295 Å². The van der Waals surface area contributed by atoms with Gasteiger partial charge >= 0.3 is 7.82 Å². The summed E-state index contributed by atoms with van der Waals surface area (Å²) in [5.74, 6) is -0.180. The van der Waals surface area contributed by atoms with Gasteiger partial charge in [0.1, 0.15) is 13.2 Å². The van der Waals surface area contributed by atoms with Gasteiger partial charge in [0.25, 0.3) is 0 Å². The van der Waals surface area contributed by atoms with Crippen LogP contribution < -0.4 is 5.32 Å². The molecule has 468 valence electrons. The Morgan fingerprint density at radius 2 is 0.696 bits per heavy atom. The van der Waals surface area contributed by atoms with E-state index < -0.39 is 20.0 Å². The number of aliphatic hydroxyl groups excluding tert-OH is 1. The van der Waals surface area contributed by atoms with Gasteiger partial charge in [-0.2, -0.15) is 0 Å². The van der Waals surface area contributed by atoms with Crippen LogP contribution in [0.15, 0.2) is 36.5 Å². The summed E-state index contributed by atoms with van der Waals surface area (Å²) >= 11 is 0. The lowest BCUT2D eigenvalue weighted by Gasteiger charge is -2.25. The van der Waals surface area contributed by atoms with Gasteiger partial charge in [-0.05, 0) is 57.8 Å². The number of carbonyl (C=O) groups excluding carboxylic acids is 1. The average molecular weight is 1130 g/mol. The third-order valence-electron chi connectivity index (χ3n) is 16.1. The summed E-state index contributed by atoms with van der Waals surface area (Å²) in [6, 6.07) is -0.861. The van der Waals surface area contributed by atoms with Gasteiger partial charge in [-0.1, -0.05) is 326 Å². The molecule has 9 heteroatoms. The molecule has 3 N–H and O–H groups in total. The fourth-order valence-corrected chi connectivity index (χ4v) is 11.4. The molecule has 0 spiro atoms. The fourth-order valence-electron chi connectivity index (χ4n) is 10.6. The zero-order valence-electron chi connectivity index (χ0n) is 53.6. The lowest BCUT2D eigenvalue weighted by atomic mass is 10.0. The Hall–Kier alpha value is -1.28. The largest absolute Gasteiger partial charge is 0.472 e. The van der Waals surface area contributed by atoms with E-state index in [0.717, 1.165) is 38.5 Å². The van der Waals surface area contributed by atoms with Crippen molar-refractivity contribution in [3.63, 3.8) is 0 Å².